The second-order valence-electron chi connectivity index (χ2n) is 9.79. The molecule has 1 spiro atoms. The average Bonchev–Trinajstić information content (AvgIpc) is 3.65. The Labute approximate surface area is 209 Å². The molecule has 1 amide bonds. The smallest absolute Gasteiger partial charge is 0.311 e. The fraction of sp³-hybridized carbons (Fsp3) is 0.444. The van der Waals surface area contributed by atoms with E-state index < -0.39 is 0 Å². The first-order valence-corrected chi connectivity index (χ1v) is 12.5. The highest BCUT2D eigenvalue weighted by molar-refractivity contribution is 5.90. The molecule has 1 atom stereocenters. The molecule has 4 heterocycles. The van der Waals surface area contributed by atoms with Gasteiger partial charge in [-0.1, -0.05) is 12.1 Å². The molecule has 0 unspecified atom stereocenters. The van der Waals surface area contributed by atoms with E-state index in [9.17, 15) is 4.79 Å². The van der Waals surface area contributed by atoms with Crippen molar-refractivity contribution in [2.45, 2.75) is 37.5 Å². The summed E-state index contributed by atoms with van der Waals surface area (Å²) in [6.07, 6.45) is 3.56. The Bertz CT molecular complexity index is 1190. The molecular weight excluding hydrogens is 460 g/mol. The predicted molar refractivity (Wildman–Crippen MR) is 131 cm³/mol. The van der Waals surface area contributed by atoms with Crippen LogP contribution in [0.4, 0.5) is 0 Å². The monoisotopic (exact) mass is 490 g/mol. The first-order chi connectivity index (χ1) is 17.6. The van der Waals surface area contributed by atoms with E-state index in [2.05, 4.69) is 27.2 Å². The Morgan fingerprint density at radius 1 is 1.06 bits per heavy atom. The molecule has 0 saturated carbocycles. The van der Waals surface area contributed by atoms with Gasteiger partial charge in [-0.05, 0) is 67.8 Å². The predicted octanol–water partition coefficient (Wildman–Crippen LogP) is 3.40. The van der Waals surface area contributed by atoms with Crippen LogP contribution in [-0.2, 0) is 11.3 Å². The summed E-state index contributed by atoms with van der Waals surface area (Å²) < 4.78 is 22.6. The third kappa shape index (κ3) is 4.44. The molecule has 0 bridgehead atoms. The molecule has 0 N–H and O–H groups in total. The first-order valence-electron chi connectivity index (χ1n) is 12.5. The largest absolute Gasteiger partial charge is 0.497 e. The normalized spacial score (nSPS) is 22.2. The van der Waals surface area contributed by atoms with Gasteiger partial charge in [0.15, 0.2) is 0 Å². The van der Waals surface area contributed by atoms with Gasteiger partial charge in [0.05, 0.1) is 26.8 Å². The van der Waals surface area contributed by atoms with Gasteiger partial charge < -0.3 is 23.5 Å². The Kier molecular flexibility index (Phi) is 6.10. The number of ether oxygens (including phenoxy) is 3. The minimum Gasteiger partial charge on any atom is -0.497 e. The number of hydrogen-bond acceptors (Lipinski definition) is 8. The van der Waals surface area contributed by atoms with Crippen molar-refractivity contribution < 1.29 is 23.4 Å². The molecule has 9 nitrogen and oxygen atoms in total. The summed E-state index contributed by atoms with van der Waals surface area (Å²) >= 11 is 0. The number of nitrogens with zero attached hydrogens (tertiary/aromatic N) is 4. The van der Waals surface area contributed by atoms with E-state index in [1.807, 2.05) is 24.3 Å². The number of carbonyl (C=O) groups excluding carboxylic acids is 1. The zero-order chi connectivity index (χ0) is 24.5. The van der Waals surface area contributed by atoms with Crippen LogP contribution in [0, 0.1) is 0 Å². The summed E-state index contributed by atoms with van der Waals surface area (Å²) in [4.78, 5) is 17.0. The molecule has 3 fully saturated rings. The highest BCUT2D eigenvalue weighted by Crippen LogP contribution is 2.37. The maximum atomic E-state index is 12.7. The van der Waals surface area contributed by atoms with Gasteiger partial charge in [0.25, 0.3) is 0 Å². The van der Waals surface area contributed by atoms with Crippen molar-refractivity contribution in [2.24, 2.45) is 0 Å². The maximum Gasteiger partial charge on any atom is 0.311 e. The fourth-order valence-electron chi connectivity index (χ4n) is 5.34. The van der Waals surface area contributed by atoms with Crippen molar-refractivity contribution in [1.29, 1.82) is 0 Å². The number of amides is 1. The van der Waals surface area contributed by atoms with Crippen molar-refractivity contribution in [3.8, 4) is 23.0 Å². The molecule has 0 aliphatic carbocycles. The standard InChI is InChI=1S/C27H30N4O5/c1-33-21-9-5-20(6-10-21)24-28-29-25(36-24)26(32)30-16-23(17-30)35-22-7-3-19(4-8-22)15-31-13-2-11-27(31)12-14-34-18-27/h3-10,23H,2,11-18H2,1H3/t27-/m1/s1. The quantitative estimate of drug-likeness (QED) is 0.498. The van der Waals surface area contributed by atoms with Gasteiger partial charge in [-0.15, -0.1) is 10.2 Å². The summed E-state index contributed by atoms with van der Waals surface area (Å²) in [7, 11) is 1.61. The number of carbonyl (C=O) groups is 1. The highest BCUT2D eigenvalue weighted by atomic mass is 16.5. The van der Waals surface area contributed by atoms with Crippen LogP contribution in [0.15, 0.2) is 52.9 Å². The molecule has 3 saturated heterocycles. The minimum atomic E-state index is -0.284. The lowest BCUT2D eigenvalue weighted by molar-refractivity contribution is 0.0149. The van der Waals surface area contributed by atoms with Crippen LogP contribution >= 0.6 is 0 Å². The van der Waals surface area contributed by atoms with Gasteiger partial charge >= 0.3 is 11.8 Å². The molecule has 3 aliphatic heterocycles. The number of likely N-dealkylation sites (tertiary alicyclic amines) is 2. The van der Waals surface area contributed by atoms with Gasteiger partial charge in [0.1, 0.15) is 17.6 Å². The van der Waals surface area contributed by atoms with Crippen molar-refractivity contribution in [3.05, 3.63) is 60.0 Å². The highest BCUT2D eigenvalue weighted by Gasteiger charge is 2.43. The lowest BCUT2D eigenvalue weighted by atomic mass is 9.95. The van der Waals surface area contributed by atoms with Crippen LogP contribution in [0.1, 0.15) is 35.5 Å². The van der Waals surface area contributed by atoms with E-state index in [0.717, 1.165) is 49.8 Å². The number of benzene rings is 2. The van der Waals surface area contributed by atoms with Crippen LogP contribution in [-0.4, -0.2) is 77.5 Å². The molecule has 6 rings (SSSR count). The van der Waals surface area contributed by atoms with E-state index in [4.69, 9.17) is 18.6 Å². The number of rotatable bonds is 7. The number of aromatic nitrogens is 2. The van der Waals surface area contributed by atoms with Crippen LogP contribution in [0.2, 0.25) is 0 Å². The molecule has 188 valence electrons. The lowest BCUT2D eigenvalue weighted by Crippen LogP contribution is -2.56. The number of methoxy groups -OCH3 is 1. The molecule has 3 aliphatic rings. The molecule has 0 radical (unpaired) electrons. The molecular formula is C27H30N4O5. The summed E-state index contributed by atoms with van der Waals surface area (Å²) in [5.74, 6) is 1.55. The zero-order valence-electron chi connectivity index (χ0n) is 20.4. The van der Waals surface area contributed by atoms with Gasteiger partial charge in [-0.25, -0.2) is 0 Å². The SMILES string of the molecule is COc1ccc(-c2nnc(C(=O)N3CC(Oc4ccc(CN5CCC[C@]56CCOC6)cc4)C3)o2)cc1. The molecule has 36 heavy (non-hydrogen) atoms. The molecule has 9 heteroatoms. The maximum absolute atomic E-state index is 12.7. The Hall–Kier alpha value is -3.43. The van der Waals surface area contributed by atoms with Gasteiger partial charge in [0, 0.05) is 24.3 Å². The zero-order valence-corrected chi connectivity index (χ0v) is 20.4. The second-order valence-corrected chi connectivity index (χ2v) is 9.79. The molecule has 3 aromatic rings. The van der Waals surface area contributed by atoms with E-state index in [-0.39, 0.29) is 23.4 Å². The summed E-state index contributed by atoms with van der Waals surface area (Å²) in [5, 5.41) is 7.95. The first kappa shape index (κ1) is 23.0. The second kappa shape index (κ2) is 9.55. The molecule has 2 aromatic carbocycles. The van der Waals surface area contributed by atoms with Crippen LogP contribution in [0.25, 0.3) is 11.5 Å². The van der Waals surface area contributed by atoms with Gasteiger partial charge in [-0.3, -0.25) is 9.69 Å². The van der Waals surface area contributed by atoms with Crippen LogP contribution < -0.4 is 9.47 Å². The topological polar surface area (TPSA) is 90.2 Å². The van der Waals surface area contributed by atoms with Crippen molar-refractivity contribution in [1.82, 2.24) is 20.0 Å². The third-order valence-corrected chi connectivity index (χ3v) is 7.50. The van der Waals surface area contributed by atoms with Gasteiger partial charge in [0.2, 0.25) is 5.89 Å². The van der Waals surface area contributed by atoms with Crippen molar-refractivity contribution in [3.63, 3.8) is 0 Å². The summed E-state index contributed by atoms with van der Waals surface area (Å²) in [5.41, 5.74) is 2.25. The van der Waals surface area contributed by atoms with Crippen LogP contribution in [0.3, 0.4) is 0 Å². The summed E-state index contributed by atoms with van der Waals surface area (Å²) in [6, 6.07) is 15.5. The molecule has 1 aromatic heterocycles. The van der Waals surface area contributed by atoms with Crippen LogP contribution in [0.5, 0.6) is 11.5 Å². The van der Waals surface area contributed by atoms with E-state index in [0.29, 0.717) is 19.0 Å². The Morgan fingerprint density at radius 2 is 1.83 bits per heavy atom. The Morgan fingerprint density at radius 3 is 2.56 bits per heavy atom. The third-order valence-electron chi connectivity index (χ3n) is 7.50. The Balaban J connectivity index is 0.998. The van der Waals surface area contributed by atoms with Crippen molar-refractivity contribution >= 4 is 5.91 Å². The summed E-state index contributed by atoms with van der Waals surface area (Å²) in [6.45, 7) is 4.78. The van der Waals surface area contributed by atoms with E-state index in [1.54, 1.807) is 24.1 Å². The van der Waals surface area contributed by atoms with E-state index in [1.165, 1.54) is 18.4 Å². The van der Waals surface area contributed by atoms with Crippen molar-refractivity contribution in [2.75, 3.05) is 40.0 Å². The van der Waals surface area contributed by atoms with Gasteiger partial charge in [-0.2, -0.15) is 0 Å². The lowest BCUT2D eigenvalue weighted by Gasteiger charge is -2.38. The van der Waals surface area contributed by atoms with E-state index >= 15 is 0 Å². The fourth-order valence-corrected chi connectivity index (χ4v) is 5.34. The average molecular weight is 491 g/mol. The number of hydrogen-bond donors (Lipinski definition) is 0. The minimum absolute atomic E-state index is 0.0176.